The molecule has 1 aliphatic heterocycles. The van der Waals surface area contributed by atoms with Crippen molar-refractivity contribution in [3.05, 3.63) is 30.1 Å². The molecule has 126 valence electrons. The Morgan fingerprint density at radius 1 is 1.48 bits per heavy atom. The molecule has 1 amide bonds. The van der Waals surface area contributed by atoms with E-state index < -0.39 is 0 Å². The van der Waals surface area contributed by atoms with Gasteiger partial charge in [0.1, 0.15) is 0 Å². The first-order valence-corrected chi connectivity index (χ1v) is 8.54. The molecule has 3 rings (SSSR count). The van der Waals surface area contributed by atoms with Crippen LogP contribution in [-0.4, -0.2) is 40.7 Å². The van der Waals surface area contributed by atoms with Gasteiger partial charge < -0.3 is 10.4 Å². The Morgan fingerprint density at radius 3 is 2.96 bits per heavy atom. The van der Waals surface area contributed by atoms with Crippen molar-refractivity contribution in [1.29, 1.82) is 0 Å². The number of nitrogens with zero attached hydrogens (tertiary/aromatic N) is 1. The SMILES string of the molecule is CCC1NNCC1C(=O)NC(Cc1ccccn1)C1CC(O)C1. The lowest BCUT2D eigenvalue weighted by molar-refractivity contribution is -0.126. The standard InChI is InChI=1S/C17H26N4O2/c1-2-15-14(10-19-21-15)17(23)20-16(11-7-13(22)8-11)9-12-5-3-4-6-18-12/h3-6,11,13-16,19,21-22H,2,7-10H2,1H3,(H,20,23). The summed E-state index contributed by atoms with van der Waals surface area (Å²) < 4.78 is 0. The molecule has 0 aromatic carbocycles. The highest BCUT2D eigenvalue weighted by Crippen LogP contribution is 2.31. The van der Waals surface area contributed by atoms with Crippen molar-refractivity contribution in [1.82, 2.24) is 21.2 Å². The topological polar surface area (TPSA) is 86.3 Å². The number of carbonyl (C=O) groups excluding carboxylic acids is 1. The molecular weight excluding hydrogens is 292 g/mol. The van der Waals surface area contributed by atoms with Crippen LogP contribution in [0.1, 0.15) is 31.9 Å². The molecule has 1 aromatic heterocycles. The Bertz CT molecular complexity index is 519. The van der Waals surface area contributed by atoms with Crippen molar-refractivity contribution in [2.75, 3.05) is 6.54 Å². The van der Waals surface area contributed by atoms with E-state index in [9.17, 15) is 9.90 Å². The molecule has 3 atom stereocenters. The van der Waals surface area contributed by atoms with Gasteiger partial charge in [-0.05, 0) is 37.3 Å². The summed E-state index contributed by atoms with van der Waals surface area (Å²) in [6.07, 6.45) is 4.71. The molecule has 1 aliphatic carbocycles. The summed E-state index contributed by atoms with van der Waals surface area (Å²) in [7, 11) is 0. The minimum atomic E-state index is -0.221. The molecule has 0 spiro atoms. The van der Waals surface area contributed by atoms with E-state index in [4.69, 9.17) is 0 Å². The molecule has 2 fully saturated rings. The van der Waals surface area contributed by atoms with Gasteiger partial charge in [0, 0.05) is 36.9 Å². The summed E-state index contributed by atoms with van der Waals surface area (Å²) in [5, 5.41) is 12.8. The Morgan fingerprint density at radius 2 is 2.30 bits per heavy atom. The fourth-order valence-corrected chi connectivity index (χ4v) is 3.53. The molecule has 2 aliphatic rings. The highest BCUT2D eigenvalue weighted by Gasteiger charge is 2.38. The number of aliphatic hydroxyl groups is 1. The molecule has 1 saturated heterocycles. The van der Waals surface area contributed by atoms with E-state index >= 15 is 0 Å². The van der Waals surface area contributed by atoms with E-state index in [0.29, 0.717) is 18.9 Å². The molecule has 3 unspecified atom stereocenters. The lowest BCUT2D eigenvalue weighted by Gasteiger charge is -2.38. The van der Waals surface area contributed by atoms with Crippen LogP contribution in [0, 0.1) is 11.8 Å². The largest absolute Gasteiger partial charge is 0.393 e. The fraction of sp³-hybridized carbons (Fsp3) is 0.647. The quantitative estimate of drug-likeness (QED) is 0.609. The molecule has 23 heavy (non-hydrogen) atoms. The van der Waals surface area contributed by atoms with E-state index in [1.165, 1.54) is 0 Å². The van der Waals surface area contributed by atoms with Crippen molar-refractivity contribution in [2.24, 2.45) is 11.8 Å². The highest BCUT2D eigenvalue weighted by atomic mass is 16.3. The number of nitrogens with one attached hydrogen (secondary N) is 3. The van der Waals surface area contributed by atoms with Gasteiger partial charge in [-0.15, -0.1) is 0 Å². The van der Waals surface area contributed by atoms with E-state index in [2.05, 4.69) is 28.1 Å². The van der Waals surface area contributed by atoms with E-state index in [1.807, 2.05) is 18.2 Å². The summed E-state index contributed by atoms with van der Waals surface area (Å²) >= 11 is 0. The Balaban J connectivity index is 1.64. The van der Waals surface area contributed by atoms with Crippen LogP contribution in [0.15, 0.2) is 24.4 Å². The van der Waals surface area contributed by atoms with Gasteiger partial charge in [0.25, 0.3) is 0 Å². The smallest absolute Gasteiger partial charge is 0.226 e. The third-order valence-corrected chi connectivity index (χ3v) is 5.07. The maximum Gasteiger partial charge on any atom is 0.226 e. The van der Waals surface area contributed by atoms with Crippen molar-refractivity contribution in [3.63, 3.8) is 0 Å². The number of amides is 1. The van der Waals surface area contributed by atoms with Gasteiger partial charge in [-0.1, -0.05) is 13.0 Å². The predicted molar refractivity (Wildman–Crippen MR) is 87.3 cm³/mol. The molecule has 0 bridgehead atoms. The average Bonchev–Trinajstić information content (AvgIpc) is 3.01. The van der Waals surface area contributed by atoms with Crippen LogP contribution in [0.3, 0.4) is 0 Å². The molecule has 4 N–H and O–H groups in total. The van der Waals surface area contributed by atoms with Gasteiger partial charge in [0.15, 0.2) is 0 Å². The fourth-order valence-electron chi connectivity index (χ4n) is 3.53. The zero-order chi connectivity index (χ0) is 16.2. The van der Waals surface area contributed by atoms with Crippen LogP contribution in [0.2, 0.25) is 0 Å². The van der Waals surface area contributed by atoms with Crippen molar-refractivity contribution in [3.8, 4) is 0 Å². The second-order valence-electron chi connectivity index (χ2n) is 6.67. The monoisotopic (exact) mass is 318 g/mol. The Kier molecular flexibility index (Phi) is 5.25. The summed E-state index contributed by atoms with van der Waals surface area (Å²) in [6, 6.07) is 6.07. The predicted octanol–water partition coefficient (Wildman–Crippen LogP) is 0.382. The first kappa shape index (κ1) is 16.4. The second kappa shape index (κ2) is 7.38. The average molecular weight is 318 g/mol. The summed E-state index contributed by atoms with van der Waals surface area (Å²) in [4.78, 5) is 17.0. The van der Waals surface area contributed by atoms with Crippen LogP contribution in [-0.2, 0) is 11.2 Å². The molecule has 6 heteroatoms. The number of rotatable bonds is 6. The molecule has 2 heterocycles. The van der Waals surface area contributed by atoms with E-state index in [0.717, 1.165) is 25.0 Å². The third kappa shape index (κ3) is 3.88. The maximum absolute atomic E-state index is 12.7. The van der Waals surface area contributed by atoms with Crippen LogP contribution < -0.4 is 16.2 Å². The van der Waals surface area contributed by atoms with Gasteiger partial charge in [0.2, 0.25) is 5.91 Å². The van der Waals surface area contributed by atoms with Gasteiger partial charge in [-0.25, -0.2) is 0 Å². The highest BCUT2D eigenvalue weighted by molar-refractivity contribution is 5.80. The van der Waals surface area contributed by atoms with Gasteiger partial charge in [-0.3, -0.25) is 20.6 Å². The first-order valence-electron chi connectivity index (χ1n) is 8.54. The number of aromatic nitrogens is 1. The lowest BCUT2D eigenvalue weighted by Crippen LogP contribution is -2.51. The van der Waals surface area contributed by atoms with Crippen molar-refractivity contribution >= 4 is 5.91 Å². The molecule has 1 aromatic rings. The minimum Gasteiger partial charge on any atom is -0.393 e. The Labute approximate surface area is 137 Å². The minimum absolute atomic E-state index is 0.0407. The zero-order valence-corrected chi connectivity index (χ0v) is 13.5. The van der Waals surface area contributed by atoms with Gasteiger partial charge in [0.05, 0.1) is 12.0 Å². The van der Waals surface area contributed by atoms with Crippen LogP contribution in [0.4, 0.5) is 0 Å². The molecule has 1 saturated carbocycles. The van der Waals surface area contributed by atoms with E-state index in [1.54, 1.807) is 6.20 Å². The number of hydrazine groups is 1. The third-order valence-electron chi connectivity index (χ3n) is 5.07. The second-order valence-corrected chi connectivity index (χ2v) is 6.67. The summed E-state index contributed by atoms with van der Waals surface area (Å²) in [5.74, 6) is 0.381. The Hall–Kier alpha value is -1.50. The first-order chi connectivity index (χ1) is 11.2. The summed E-state index contributed by atoms with van der Waals surface area (Å²) in [5.41, 5.74) is 7.22. The van der Waals surface area contributed by atoms with Crippen LogP contribution in [0.5, 0.6) is 0 Å². The molecular formula is C17H26N4O2. The number of hydrogen-bond acceptors (Lipinski definition) is 5. The zero-order valence-electron chi connectivity index (χ0n) is 13.5. The number of pyridine rings is 1. The number of aliphatic hydroxyl groups excluding tert-OH is 1. The molecule has 6 nitrogen and oxygen atoms in total. The van der Waals surface area contributed by atoms with Crippen LogP contribution >= 0.6 is 0 Å². The number of hydrogen-bond donors (Lipinski definition) is 4. The number of carbonyl (C=O) groups is 1. The normalized spacial score (nSPS) is 31.4. The van der Waals surface area contributed by atoms with Crippen molar-refractivity contribution in [2.45, 2.75) is 50.8 Å². The van der Waals surface area contributed by atoms with Gasteiger partial charge in [-0.2, -0.15) is 0 Å². The molecule has 0 radical (unpaired) electrons. The maximum atomic E-state index is 12.7. The van der Waals surface area contributed by atoms with Crippen molar-refractivity contribution < 1.29 is 9.90 Å². The van der Waals surface area contributed by atoms with E-state index in [-0.39, 0.29) is 30.0 Å². The summed E-state index contributed by atoms with van der Waals surface area (Å²) in [6.45, 7) is 2.74. The lowest BCUT2D eigenvalue weighted by atomic mass is 9.75. The van der Waals surface area contributed by atoms with Gasteiger partial charge >= 0.3 is 0 Å². The van der Waals surface area contributed by atoms with Crippen LogP contribution in [0.25, 0.3) is 0 Å².